The van der Waals surface area contributed by atoms with Crippen molar-refractivity contribution < 1.29 is 9.53 Å². The summed E-state index contributed by atoms with van der Waals surface area (Å²) in [6.07, 6.45) is 0. The van der Waals surface area contributed by atoms with Crippen molar-refractivity contribution in [3.63, 3.8) is 0 Å². The van der Waals surface area contributed by atoms with Crippen molar-refractivity contribution in [1.82, 2.24) is 20.0 Å². The standard InChI is InChI=1S/C11H14N4O2/c1-6-10(7(2)15(3)14-6)8-5-9(13-12-8)11(16)17-4/h5H,1-4H3,(H,12,13). The van der Waals surface area contributed by atoms with Crippen LogP contribution in [0.2, 0.25) is 0 Å². The maximum Gasteiger partial charge on any atom is 0.356 e. The summed E-state index contributed by atoms with van der Waals surface area (Å²) in [6.45, 7) is 3.87. The Hall–Kier alpha value is -2.11. The van der Waals surface area contributed by atoms with E-state index in [0.29, 0.717) is 11.4 Å². The summed E-state index contributed by atoms with van der Waals surface area (Å²) in [5, 5.41) is 11.1. The van der Waals surface area contributed by atoms with Gasteiger partial charge in [-0.15, -0.1) is 0 Å². The number of carbonyl (C=O) groups is 1. The fourth-order valence-electron chi connectivity index (χ4n) is 1.81. The van der Waals surface area contributed by atoms with E-state index < -0.39 is 5.97 Å². The Morgan fingerprint density at radius 1 is 1.47 bits per heavy atom. The number of esters is 1. The molecule has 2 rings (SSSR count). The van der Waals surface area contributed by atoms with Crippen molar-refractivity contribution >= 4 is 5.97 Å². The normalized spacial score (nSPS) is 10.6. The van der Waals surface area contributed by atoms with Crippen LogP contribution in [0.5, 0.6) is 0 Å². The molecule has 6 nitrogen and oxygen atoms in total. The molecule has 90 valence electrons. The van der Waals surface area contributed by atoms with Crippen LogP contribution in [0, 0.1) is 13.8 Å². The highest BCUT2D eigenvalue weighted by Crippen LogP contribution is 2.25. The van der Waals surface area contributed by atoms with Gasteiger partial charge in [-0.05, 0) is 19.9 Å². The molecule has 0 aliphatic carbocycles. The smallest absolute Gasteiger partial charge is 0.356 e. The Bertz CT molecular complexity index is 568. The van der Waals surface area contributed by atoms with E-state index in [1.54, 1.807) is 10.7 Å². The number of nitrogens with one attached hydrogen (secondary N) is 1. The lowest BCUT2D eigenvalue weighted by Crippen LogP contribution is -2.00. The van der Waals surface area contributed by atoms with Gasteiger partial charge < -0.3 is 4.74 Å². The Balaban J connectivity index is 2.47. The molecule has 1 N–H and O–H groups in total. The third-order valence-electron chi connectivity index (χ3n) is 2.75. The zero-order valence-electron chi connectivity index (χ0n) is 10.2. The predicted octanol–water partition coefficient (Wildman–Crippen LogP) is 1.21. The molecule has 0 aromatic carbocycles. The highest BCUT2D eigenvalue weighted by Gasteiger charge is 2.17. The van der Waals surface area contributed by atoms with Gasteiger partial charge in [0.15, 0.2) is 0 Å². The molecule has 0 aliphatic heterocycles. The van der Waals surface area contributed by atoms with Crippen LogP contribution in [0.15, 0.2) is 6.07 Å². The van der Waals surface area contributed by atoms with Gasteiger partial charge >= 0.3 is 5.97 Å². The van der Waals surface area contributed by atoms with Crippen molar-refractivity contribution in [2.75, 3.05) is 7.11 Å². The fraction of sp³-hybridized carbons (Fsp3) is 0.364. The molecule has 17 heavy (non-hydrogen) atoms. The molecular weight excluding hydrogens is 220 g/mol. The number of hydrogen-bond donors (Lipinski definition) is 1. The van der Waals surface area contributed by atoms with Gasteiger partial charge in [0.1, 0.15) is 5.69 Å². The lowest BCUT2D eigenvalue weighted by Gasteiger charge is -1.96. The Morgan fingerprint density at radius 3 is 2.71 bits per heavy atom. The predicted molar refractivity (Wildman–Crippen MR) is 61.6 cm³/mol. The lowest BCUT2D eigenvalue weighted by atomic mass is 10.1. The van der Waals surface area contributed by atoms with Crippen LogP contribution in [-0.4, -0.2) is 33.1 Å². The summed E-state index contributed by atoms with van der Waals surface area (Å²) in [4.78, 5) is 11.3. The van der Waals surface area contributed by atoms with Crippen LogP contribution < -0.4 is 0 Å². The molecule has 0 saturated carbocycles. The van der Waals surface area contributed by atoms with Gasteiger partial charge in [0.25, 0.3) is 0 Å². The average molecular weight is 234 g/mol. The molecule has 6 heteroatoms. The second-order valence-corrected chi connectivity index (χ2v) is 3.83. The summed E-state index contributed by atoms with van der Waals surface area (Å²) in [5.41, 5.74) is 3.87. The van der Waals surface area contributed by atoms with Crippen LogP contribution in [0.1, 0.15) is 21.9 Å². The molecule has 0 atom stereocenters. The number of aryl methyl sites for hydroxylation is 2. The SMILES string of the molecule is COC(=O)c1cc(-c2c(C)nn(C)c2C)n[nH]1. The minimum atomic E-state index is -0.428. The van der Waals surface area contributed by atoms with Gasteiger partial charge in [-0.25, -0.2) is 4.79 Å². The number of carbonyl (C=O) groups excluding carboxylic acids is 1. The van der Waals surface area contributed by atoms with E-state index in [1.165, 1.54) is 7.11 Å². The molecule has 0 spiro atoms. The Kier molecular flexibility index (Phi) is 2.71. The van der Waals surface area contributed by atoms with Crippen molar-refractivity contribution in [2.24, 2.45) is 7.05 Å². The van der Waals surface area contributed by atoms with Crippen LogP contribution in [-0.2, 0) is 11.8 Å². The number of aromatic nitrogens is 4. The van der Waals surface area contributed by atoms with Gasteiger partial charge in [-0.3, -0.25) is 9.78 Å². The molecule has 0 aliphatic rings. The van der Waals surface area contributed by atoms with Crippen molar-refractivity contribution in [2.45, 2.75) is 13.8 Å². The highest BCUT2D eigenvalue weighted by molar-refractivity contribution is 5.88. The monoisotopic (exact) mass is 234 g/mol. The van der Waals surface area contributed by atoms with E-state index in [2.05, 4.69) is 20.0 Å². The average Bonchev–Trinajstić information content (AvgIpc) is 2.85. The molecule has 0 amide bonds. The number of ether oxygens (including phenoxy) is 1. The maximum atomic E-state index is 11.3. The van der Waals surface area contributed by atoms with E-state index in [9.17, 15) is 4.79 Å². The topological polar surface area (TPSA) is 72.8 Å². The first kappa shape index (κ1) is 11.4. The van der Waals surface area contributed by atoms with Gasteiger partial charge in [-0.1, -0.05) is 0 Å². The van der Waals surface area contributed by atoms with E-state index >= 15 is 0 Å². The minimum absolute atomic E-state index is 0.338. The third kappa shape index (κ3) is 1.82. The van der Waals surface area contributed by atoms with E-state index in [1.807, 2.05) is 20.9 Å². The summed E-state index contributed by atoms with van der Waals surface area (Å²) >= 11 is 0. The first-order valence-corrected chi connectivity index (χ1v) is 5.19. The largest absolute Gasteiger partial charge is 0.464 e. The van der Waals surface area contributed by atoms with Crippen molar-refractivity contribution in [1.29, 1.82) is 0 Å². The van der Waals surface area contributed by atoms with Crippen LogP contribution in [0.4, 0.5) is 0 Å². The molecule has 2 aromatic heterocycles. The van der Waals surface area contributed by atoms with Gasteiger partial charge in [-0.2, -0.15) is 10.2 Å². The van der Waals surface area contributed by atoms with Crippen LogP contribution >= 0.6 is 0 Å². The number of hydrogen-bond acceptors (Lipinski definition) is 4. The number of rotatable bonds is 2. The maximum absolute atomic E-state index is 11.3. The fourth-order valence-corrected chi connectivity index (χ4v) is 1.81. The minimum Gasteiger partial charge on any atom is -0.464 e. The summed E-state index contributed by atoms with van der Waals surface area (Å²) < 4.78 is 6.41. The zero-order valence-corrected chi connectivity index (χ0v) is 10.2. The molecule has 0 fully saturated rings. The zero-order chi connectivity index (χ0) is 12.6. The third-order valence-corrected chi connectivity index (χ3v) is 2.75. The van der Waals surface area contributed by atoms with Crippen molar-refractivity contribution in [3.05, 3.63) is 23.1 Å². The van der Waals surface area contributed by atoms with E-state index in [0.717, 1.165) is 17.0 Å². The first-order chi connectivity index (χ1) is 8.04. The summed E-state index contributed by atoms with van der Waals surface area (Å²) in [7, 11) is 3.21. The molecular formula is C11H14N4O2. The van der Waals surface area contributed by atoms with Crippen LogP contribution in [0.3, 0.4) is 0 Å². The number of methoxy groups -OCH3 is 1. The van der Waals surface area contributed by atoms with Crippen LogP contribution in [0.25, 0.3) is 11.3 Å². The Morgan fingerprint density at radius 2 is 2.18 bits per heavy atom. The molecule has 2 heterocycles. The number of aromatic amines is 1. The molecule has 0 bridgehead atoms. The van der Waals surface area contributed by atoms with Gasteiger partial charge in [0, 0.05) is 18.3 Å². The molecule has 0 unspecified atom stereocenters. The van der Waals surface area contributed by atoms with E-state index in [4.69, 9.17) is 0 Å². The second-order valence-electron chi connectivity index (χ2n) is 3.83. The van der Waals surface area contributed by atoms with Crippen molar-refractivity contribution in [3.8, 4) is 11.3 Å². The van der Waals surface area contributed by atoms with Gasteiger partial charge in [0.05, 0.1) is 18.5 Å². The Labute approximate surface area is 98.6 Å². The highest BCUT2D eigenvalue weighted by atomic mass is 16.5. The summed E-state index contributed by atoms with van der Waals surface area (Å²) in [5.74, 6) is -0.428. The molecule has 0 radical (unpaired) electrons. The lowest BCUT2D eigenvalue weighted by molar-refractivity contribution is 0.0594. The molecule has 2 aromatic rings. The second kappa shape index (κ2) is 4.04. The first-order valence-electron chi connectivity index (χ1n) is 5.19. The number of nitrogens with zero attached hydrogens (tertiary/aromatic N) is 3. The summed E-state index contributed by atoms with van der Waals surface area (Å²) in [6, 6.07) is 1.67. The quantitative estimate of drug-likeness (QED) is 0.793. The number of H-pyrrole nitrogens is 1. The van der Waals surface area contributed by atoms with Gasteiger partial charge in [0.2, 0.25) is 0 Å². The molecule has 0 saturated heterocycles. The van der Waals surface area contributed by atoms with E-state index in [-0.39, 0.29) is 0 Å².